The predicted molar refractivity (Wildman–Crippen MR) is 121 cm³/mol. The molecule has 10 heteroatoms. The Balaban J connectivity index is 0.00000420. The van der Waals surface area contributed by atoms with Crippen LogP contribution in [0, 0.1) is 5.92 Å². The Kier molecular flexibility index (Phi) is 11.0. The summed E-state index contributed by atoms with van der Waals surface area (Å²) in [6, 6.07) is 6.94. The lowest BCUT2D eigenvalue weighted by Crippen LogP contribution is -2.46. The van der Waals surface area contributed by atoms with Crippen LogP contribution in [0.2, 0.25) is 0 Å². The van der Waals surface area contributed by atoms with Crippen molar-refractivity contribution in [2.24, 2.45) is 10.9 Å². The first-order valence-electron chi connectivity index (χ1n) is 9.44. The number of alkyl halides is 2. The van der Waals surface area contributed by atoms with Crippen molar-refractivity contribution in [3.05, 3.63) is 24.3 Å². The topological polar surface area (TPSA) is 78.0 Å². The highest BCUT2D eigenvalue weighted by atomic mass is 127. The summed E-state index contributed by atoms with van der Waals surface area (Å²) in [6.07, 6.45) is 0.841. The summed E-state index contributed by atoms with van der Waals surface area (Å²) >= 11 is 0. The molecule has 0 aromatic heterocycles. The van der Waals surface area contributed by atoms with Crippen molar-refractivity contribution in [3.63, 3.8) is 0 Å². The minimum absolute atomic E-state index is 0. The maximum absolute atomic E-state index is 12.6. The van der Waals surface area contributed by atoms with Crippen molar-refractivity contribution in [1.82, 2.24) is 16.0 Å². The molecule has 0 saturated carbocycles. The van der Waals surface area contributed by atoms with E-state index in [0.717, 1.165) is 13.0 Å². The first kappa shape index (κ1) is 25.2. The Morgan fingerprint density at radius 1 is 1.28 bits per heavy atom. The molecule has 1 aliphatic heterocycles. The summed E-state index contributed by atoms with van der Waals surface area (Å²) in [4.78, 5) is 17.8. The van der Waals surface area contributed by atoms with Gasteiger partial charge in [-0.3, -0.25) is 9.79 Å². The molecule has 1 atom stereocenters. The highest BCUT2D eigenvalue weighted by Crippen LogP contribution is 2.31. The normalized spacial score (nSPS) is 16.6. The van der Waals surface area contributed by atoms with Gasteiger partial charge in [-0.05, 0) is 18.6 Å². The molecule has 0 aliphatic carbocycles. The van der Waals surface area contributed by atoms with Gasteiger partial charge in [0, 0.05) is 45.2 Å². The Bertz CT molecular complexity index is 676. The van der Waals surface area contributed by atoms with Gasteiger partial charge in [0.1, 0.15) is 5.75 Å². The number of amides is 1. The van der Waals surface area contributed by atoms with Gasteiger partial charge in [0.2, 0.25) is 5.91 Å². The average molecular weight is 525 g/mol. The molecule has 1 aliphatic rings. The Labute approximate surface area is 187 Å². The molecule has 0 bridgehead atoms. The molecule has 29 heavy (non-hydrogen) atoms. The molecule has 0 radical (unpaired) electrons. The zero-order valence-electron chi connectivity index (χ0n) is 17.0. The number of ether oxygens (including phenoxy) is 1. The summed E-state index contributed by atoms with van der Waals surface area (Å²) in [6.45, 7) is 3.28. The molecule has 1 fully saturated rings. The molecule has 0 spiro atoms. The van der Waals surface area contributed by atoms with Crippen molar-refractivity contribution >= 4 is 41.5 Å². The molecule has 1 aromatic rings. The number of aliphatic imine (C=N–C) groups is 1. The van der Waals surface area contributed by atoms with Crippen LogP contribution in [0.5, 0.6) is 5.75 Å². The van der Waals surface area contributed by atoms with Gasteiger partial charge in [0.15, 0.2) is 5.96 Å². The van der Waals surface area contributed by atoms with Gasteiger partial charge in [-0.25, -0.2) is 0 Å². The predicted octanol–water partition coefficient (Wildman–Crippen LogP) is 2.42. The highest BCUT2D eigenvalue weighted by Gasteiger charge is 2.26. The molecular weight excluding hydrogens is 495 g/mol. The van der Waals surface area contributed by atoms with E-state index >= 15 is 0 Å². The van der Waals surface area contributed by atoms with Crippen molar-refractivity contribution < 1.29 is 18.3 Å². The van der Waals surface area contributed by atoms with Crippen LogP contribution in [0.15, 0.2) is 29.3 Å². The largest absolute Gasteiger partial charge is 0.433 e. The van der Waals surface area contributed by atoms with E-state index in [1.807, 2.05) is 18.7 Å². The second-order valence-corrected chi connectivity index (χ2v) is 6.87. The van der Waals surface area contributed by atoms with E-state index in [1.165, 1.54) is 0 Å². The standard InChI is InChI=1S/C19H29F2N5O2.HI/c1-13(2)17(27)23-9-10-24-19(22-3)25-14-8-11-26(12-14)15-6-4-5-7-16(15)28-18(20)21;/h4-7,13-14,18H,8-12H2,1-3H3,(H,23,27)(H2,22,24,25);1H. The van der Waals surface area contributed by atoms with Crippen LogP contribution in [-0.2, 0) is 4.79 Å². The minimum Gasteiger partial charge on any atom is -0.433 e. The molecule has 1 unspecified atom stereocenters. The number of hydrogen-bond donors (Lipinski definition) is 3. The summed E-state index contributed by atoms with van der Waals surface area (Å²) in [7, 11) is 1.68. The summed E-state index contributed by atoms with van der Waals surface area (Å²) in [5.41, 5.74) is 0.659. The Hall–Kier alpha value is -1.85. The Morgan fingerprint density at radius 2 is 1.97 bits per heavy atom. The number of hydrogen-bond acceptors (Lipinski definition) is 4. The van der Waals surface area contributed by atoms with Gasteiger partial charge < -0.3 is 25.6 Å². The third-order valence-corrected chi connectivity index (χ3v) is 4.42. The van der Waals surface area contributed by atoms with Gasteiger partial charge >= 0.3 is 6.61 Å². The zero-order valence-corrected chi connectivity index (χ0v) is 19.3. The number of para-hydroxylation sites is 2. The van der Waals surface area contributed by atoms with Crippen LogP contribution in [0.25, 0.3) is 0 Å². The van der Waals surface area contributed by atoms with E-state index in [1.54, 1.807) is 31.3 Å². The number of nitrogens with one attached hydrogen (secondary N) is 3. The maximum Gasteiger partial charge on any atom is 0.387 e. The van der Waals surface area contributed by atoms with E-state index in [-0.39, 0.29) is 47.6 Å². The molecule has 2 rings (SSSR count). The first-order valence-corrected chi connectivity index (χ1v) is 9.44. The van der Waals surface area contributed by atoms with E-state index < -0.39 is 6.61 Å². The van der Waals surface area contributed by atoms with Crippen molar-refractivity contribution in [1.29, 1.82) is 0 Å². The van der Waals surface area contributed by atoms with Crippen molar-refractivity contribution in [2.45, 2.75) is 32.9 Å². The minimum atomic E-state index is -2.85. The van der Waals surface area contributed by atoms with Crippen LogP contribution in [0.4, 0.5) is 14.5 Å². The monoisotopic (exact) mass is 525 g/mol. The van der Waals surface area contributed by atoms with Gasteiger partial charge in [-0.15, -0.1) is 24.0 Å². The number of halogens is 3. The zero-order chi connectivity index (χ0) is 20.5. The molecule has 7 nitrogen and oxygen atoms in total. The summed E-state index contributed by atoms with van der Waals surface area (Å²) in [5.74, 6) is 0.795. The fourth-order valence-electron chi connectivity index (χ4n) is 2.97. The molecule has 3 N–H and O–H groups in total. The van der Waals surface area contributed by atoms with Gasteiger partial charge in [-0.2, -0.15) is 8.78 Å². The van der Waals surface area contributed by atoms with Gasteiger partial charge in [-0.1, -0.05) is 26.0 Å². The van der Waals surface area contributed by atoms with Crippen molar-refractivity contribution in [2.75, 3.05) is 38.1 Å². The fourth-order valence-corrected chi connectivity index (χ4v) is 2.97. The quantitative estimate of drug-likeness (QED) is 0.211. The SMILES string of the molecule is CN=C(NCCNC(=O)C(C)C)NC1CCN(c2ccccc2OC(F)F)C1.I. The highest BCUT2D eigenvalue weighted by molar-refractivity contribution is 14.0. The molecule has 1 aromatic carbocycles. The molecule has 164 valence electrons. The molecule has 1 amide bonds. The lowest BCUT2D eigenvalue weighted by molar-refractivity contribution is -0.123. The lowest BCUT2D eigenvalue weighted by atomic mass is 10.2. The van der Waals surface area contributed by atoms with Gasteiger partial charge in [0.25, 0.3) is 0 Å². The number of benzene rings is 1. The number of carbonyl (C=O) groups is 1. The van der Waals surface area contributed by atoms with E-state index in [2.05, 4.69) is 25.7 Å². The average Bonchev–Trinajstić information content (AvgIpc) is 3.12. The number of carbonyl (C=O) groups excluding carboxylic acids is 1. The maximum atomic E-state index is 12.6. The molecule has 1 saturated heterocycles. The summed E-state index contributed by atoms with van der Waals surface area (Å²) < 4.78 is 29.9. The number of nitrogens with zero attached hydrogens (tertiary/aromatic N) is 2. The summed E-state index contributed by atoms with van der Waals surface area (Å²) in [5, 5.41) is 9.33. The smallest absolute Gasteiger partial charge is 0.387 e. The Morgan fingerprint density at radius 3 is 2.62 bits per heavy atom. The van der Waals surface area contributed by atoms with Crippen LogP contribution in [0.3, 0.4) is 0 Å². The fraction of sp³-hybridized carbons (Fsp3) is 0.579. The van der Waals surface area contributed by atoms with Crippen LogP contribution in [0.1, 0.15) is 20.3 Å². The third kappa shape index (κ3) is 8.19. The number of guanidine groups is 1. The number of anilines is 1. The van der Waals surface area contributed by atoms with Gasteiger partial charge in [0.05, 0.1) is 5.69 Å². The van der Waals surface area contributed by atoms with E-state index in [9.17, 15) is 13.6 Å². The second kappa shape index (κ2) is 12.7. The van der Waals surface area contributed by atoms with Crippen LogP contribution < -0.4 is 25.6 Å². The van der Waals surface area contributed by atoms with E-state index in [4.69, 9.17) is 0 Å². The number of rotatable bonds is 8. The first-order chi connectivity index (χ1) is 13.4. The van der Waals surface area contributed by atoms with E-state index in [0.29, 0.717) is 31.3 Å². The van der Waals surface area contributed by atoms with Crippen LogP contribution >= 0.6 is 24.0 Å². The molecular formula is C19H30F2IN5O2. The third-order valence-electron chi connectivity index (χ3n) is 4.42. The second-order valence-electron chi connectivity index (χ2n) is 6.87. The van der Waals surface area contributed by atoms with Crippen molar-refractivity contribution in [3.8, 4) is 5.75 Å². The van der Waals surface area contributed by atoms with Crippen LogP contribution in [-0.4, -0.2) is 57.7 Å². The lowest BCUT2D eigenvalue weighted by Gasteiger charge is -2.22. The molecule has 1 heterocycles.